The Morgan fingerprint density at radius 3 is 2.82 bits per heavy atom. The first-order valence-corrected chi connectivity index (χ1v) is 5.39. The first kappa shape index (κ1) is 11.9. The maximum absolute atomic E-state index is 12.8. The minimum atomic E-state index is -2.54. The van der Waals surface area contributed by atoms with Gasteiger partial charge in [-0.2, -0.15) is 0 Å². The Kier molecular flexibility index (Phi) is 3.07. The first-order valence-electron chi connectivity index (χ1n) is 5.39. The number of hydrogen-bond acceptors (Lipinski definition) is 2. The molecule has 0 bridgehead atoms. The molecule has 0 aliphatic heterocycles. The minimum Gasteiger partial charge on any atom is -0.320 e. The summed E-state index contributed by atoms with van der Waals surface area (Å²) in [4.78, 5) is 4.01. The van der Waals surface area contributed by atoms with Crippen LogP contribution in [-0.2, 0) is 6.42 Å². The Balaban J connectivity index is 2.43. The lowest BCUT2D eigenvalue weighted by Crippen LogP contribution is -2.45. The molecule has 0 spiro atoms. The lowest BCUT2D eigenvalue weighted by Gasteiger charge is -2.24. The zero-order valence-corrected chi connectivity index (χ0v) is 9.53. The van der Waals surface area contributed by atoms with Gasteiger partial charge in [-0.1, -0.05) is 18.2 Å². The molecule has 2 N–H and O–H groups in total. The first-order chi connectivity index (χ1) is 8.00. The number of benzene rings is 1. The Morgan fingerprint density at radius 2 is 2.12 bits per heavy atom. The molecular weight excluding hydrogens is 222 g/mol. The van der Waals surface area contributed by atoms with Gasteiger partial charge in [-0.05, 0) is 30.4 Å². The van der Waals surface area contributed by atoms with Crippen LogP contribution in [0.4, 0.5) is 8.78 Å². The van der Waals surface area contributed by atoms with Crippen LogP contribution >= 0.6 is 0 Å². The third-order valence-corrected chi connectivity index (χ3v) is 2.84. The van der Waals surface area contributed by atoms with Gasteiger partial charge in [-0.3, -0.25) is 4.98 Å². The van der Waals surface area contributed by atoms with Crippen LogP contribution in [0.3, 0.4) is 0 Å². The number of aromatic nitrogens is 1. The lowest BCUT2D eigenvalue weighted by molar-refractivity contribution is 0.0641. The standard InChI is InChI=1S/C13H14F2N2/c1-13(16,12(14)15)7-9-3-2-4-10-8-17-6-5-11(9)10/h2-6,8,12H,7,16H2,1H3. The van der Waals surface area contributed by atoms with Crippen molar-refractivity contribution in [1.82, 2.24) is 4.98 Å². The molecule has 0 saturated carbocycles. The number of rotatable bonds is 3. The molecule has 17 heavy (non-hydrogen) atoms. The molecule has 90 valence electrons. The molecule has 0 amide bonds. The zero-order valence-electron chi connectivity index (χ0n) is 9.53. The summed E-state index contributed by atoms with van der Waals surface area (Å²) in [7, 11) is 0. The Bertz CT molecular complexity index is 518. The van der Waals surface area contributed by atoms with Gasteiger partial charge in [0.1, 0.15) is 0 Å². The molecule has 4 heteroatoms. The maximum atomic E-state index is 12.8. The van der Waals surface area contributed by atoms with Crippen LogP contribution in [0.15, 0.2) is 36.7 Å². The third-order valence-electron chi connectivity index (χ3n) is 2.84. The molecule has 0 fully saturated rings. The van der Waals surface area contributed by atoms with Gasteiger partial charge < -0.3 is 5.73 Å². The molecule has 0 radical (unpaired) electrons. The molecule has 1 heterocycles. The summed E-state index contributed by atoms with van der Waals surface area (Å²) in [5.41, 5.74) is 4.94. The fraction of sp³-hybridized carbons (Fsp3) is 0.308. The highest BCUT2D eigenvalue weighted by atomic mass is 19.3. The molecule has 0 saturated heterocycles. The van der Waals surface area contributed by atoms with E-state index in [-0.39, 0.29) is 6.42 Å². The van der Waals surface area contributed by atoms with Crippen LogP contribution in [0.25, 0.3) is 10.8 Å². The summed E-state index contributed by atoms with van der Waals surface area (Å²) < 4.78 is 25.5. The summed E-state index contributed by atoms with van der Waals surface area (Å²) in [6.07, 6.45) is 0.975. The predicted octanol–water partition coefficient (Wildman–Crippen LogP) is 2.76. The molecule has 0 aliphatic rings. The molecule has 0 aliphatic carbocycles. The summed E-state index contributed by atoms with van der Waals surface area (Å²) in [6.45, 7) is 1.37. The van der Waals surface area contributed by atoms with Crippen molar-refractivity contribution in [2.45, 2.75) is 25.3 Å². The van der Waals surface area contributed by atoms with Crippen molar-refractivity contribution in [1.29, 1.82) is 0 Å². The average Bonchev–Trinajstić information content (AvgIpc) is 2.29. The number of halogens is 2. The van der Waals surface area contributed by atoms with Crippen LogP contribution in [0.1, 0.15) is 12.5 Å². The quantitative estimate of drug-likeness (QED) is 0.890. The minimum absolute atomic E-state index is 0.145. The third kappa shape index (κ3) is 2.42. The molecule has 2 aromatic rings. The van der Waals surface area contributed by atoms with E-state index in [0.717, 1.165) is 16.3 Å². The number of fused-ring (bicyclic) bond motifs is 1. The molecule has 1 unspecified atom stereocenters. The Morgan fingerprint density at radius 1 is 1.35 bits per heavy atom. The SMILES string of the molecule is CC(N)(Cc1cccc2cnccc12)C(F)F. The summed E-state index contributed by atoms with van der Waals surface area (Å²) in [5.74, 6) is 0. The molecule has 2 rings (SSSR count). The Hall–Kier alpha value is -1.55. The van der Waals surface area contributed by atoms with Gasteiger partial charge in [0.15, 0.2) is 0 Å². The average molecular weight is 236 g/mol. The van der Waals surface area contributed by atoms with Crippen molar-refractivity contribution >= 4 is 10.8 Å². The highest BCUT2D eigenvalue weighted by Gasteiger charge is 2.30. The van der Waals surface area contributed by atoms with Crippen molar-refractivity contribution in [2.24, 2.45) is 5.73 Å². The molecular formula is C13H14F2N2. The van der Waals surface area contributed by atoms with E-state index in [1.54, 1.807) is 12.4 Å². The fourth-order valence-electron chi connectivity index (χ4n) is 1.83. The topological polar surface area (TPSA) is 38.9 Å². The van der Waals surface area contributed by atoms with Gasteiger partial charge in [0.25, 0.3) is 6.43 Å². The van der Waals surface area contributed by atoms with Crippen molar-refractivity contribution in [3.63, 3.8) is 0 Å². The summed E-state index contributed by atoms with van der Waals surface area (Å²) in [5, 5.41) is 1.87. The van der Waals surface area contributed by atoms with E-state index in [9.17, 15) is 8.78 Å². The van der Waals surface area contributed by atoms with Gasteiger partial charge in [0.2, 0.25) is 0 Å². The highest BCUT2D eigenvalue weighted by molar-refractivity contribution is 5.84. The maximum Gasteiger partial charge on any atom is 0.256 e. The van der Waals surface area contributed by atoms with Crippen LogP contribution in [-0.4, -0.2) is 16.9 Å². The van der Waals surface area contributed by atoms with Gasteiger partial charge in [-0.15, -0.1) is 0 Å². The van der Waals surface area contributed by atoms with Gasteiger partial charge in [0, 0.05) is 17.8 Å². The Labute approximate surface area is 98.5 Å². The van der Waals surface area contributed by atoms with Gasteiger partial charge in [-0.25, -0.2) is 8.78 Å². The molecule has 1 aromatic carbocycles. The number of nitrogens with zero attached hydrogens (tertiary/aromatic N) is 1. The van der Waals surface area contributed by atoms with E-state index in [2.05, 4.69) is 4.98 Å². The molecule has 1 aromatic heterocycles. The monoisotopic (exact) mass is 236 g/mol. The van der Waals surface area contributed by atoms with Crippen LogP contribution in [0, 0.1) is 0 Å². The van der Waals surface area contributed by atoms with E-state index < -0.39 is 12.0 Å². The number of alkyl halides is 2. The summed E-state index contributed by atoms with van der Waals surface area (Å²) in [6, 6.07) is 7.39. The van der Waals surface area contributed by atoms with Gasteiger partial charge in [0.05, 0.1) is 5.54 Å². The van der Waals surface area contributed by atoms with E-state index in [1.807, 2.05) is 24.3 Å². The second-order valence-electron chi connectivity index (χ2n) is 4.50. The number of nitrogens with two attached hydrogens (primary N) is 1. The van der Waals surface area contributed by atoms with Crippen LogP contribution in [0.2, 0.25) is 0 Å². The second kappa shape index (κ2) is 4.37. The zero-order chi connectivity index (χ0) is 12.5. The molecule has 2 nitrogen and oxygen atoms in total. The fourth-order valence-corrected chi connectivity index (χ4v) is 1.83. The normalized spacial score (nSPS) is 15.1. The molecule has 1 atom stereocenters. The van der Waals surface area contributed by atoms with Gasteiger partial charge >= 0.3 is 0 Å². The van der Waals surface area contributed by atoms with E-state index in [0.29, 0.717) is 0 Å². The lowest BCUT2D eigenvalue weighted by atomic mass is 9.92. The van der Waals surface area contributed by atoms with Crippen molar-refractivity contribution in [3.05, 3.63) is 42.2 Å². The largest absolute Gasteiger partial charge is 0.320 e. The van der Waals surface area contributed by atoms with Crippen LogP contribution < -0.4 is 5.73 Å². The number of hydrogen-bond donors (Lipinski definition) is 1. The van der Waals surface area contributed by atoms with Crippen molar-refractivity contribution in [2.75, 3.05) is 0 Å². The summed E-state index contributed by atoms with van der Waals surface area (Å²) >= 11 is 0. The second-order valence-corrected chi connectivity index (χ2v) is 4.50. The highest BCUT2D eigenvalue weighted by Crippen LogP contribution is 2.24. The van der Waals surface area contributed by atoms with Crippen molar-refractivity contribution < 1.29 is 8.78 Å². The van der Waals surface area contributed by atoms with E-state index in [4.69, 9.17) is 5.73 Å². The number of pyridine rings is 1. The smallest absolute Gasteiger partial charge is 0.256 e. The van der Waals surface area contributed by atoms with Crippen LogP contribution in [0.5, 0.6) is 0 Å². The predicted molar refractivity (Wildman–Crippen MR) is 64.0 cm³/mol. The van der Waals surface area contributed by atoms with E-state index in [1.165, 1.54) is 6.92 Å². The van der Waals surface area contributed by atoms with E-state index >= 15 is 0 Å². The van der Waals surface area contributed by atoms with Crippen molar-refractivity contribution in [3.8, 4) is 0 Å².